The maximum absolute atomic E-state index is 10.9. The van der Waals surface area contributed by atoms with Gasteiger partial charge in [-0.05, 0) is 0 Å². The lowest BCUT2D eigenvalue weighted by Gasteiger charge is -2.03. The highest BCUT2D eigenvalue weighted by Crippen LogP contribution is 1.79. The second-order valence-electron chi connectivity index (χ2n) is 2.10. The SMILES string of the molecule is CNC(=O)CNS(=O)(=O)CCN. The predicted octanol–water partition coefficient (Wildman–Crippen LogP) is -2.39. The van der Waals surface area contributed by atoms with Crippen molar-refractivity contribution >= 4 is 15.9 Å². The molecule has 0 aromatic rings. The van der Waals surface area contributed by atoms with Gasteiger partial charge in [-0.1, -0.05) is 0 Å². The van der Waals surface area contributed by atoms with Gasteiger partial charge < -0.3 is 11.1 Å². The van der Waals surface area contributed by atoms with Gasteiger partial charge in [-0.3, -0.25) is 4.79 Å². The highest BCUT2D eigenvalue weighted by atomic mass is 32.2. The number of nitrogens with two attached hydrogens (primary N) is 1. The Morgan fingerprint density at radius 3 is 2.50 bits per heavy atom. The zero-order chi connectivity index (χ0) is 9.61. The smallest absolute Gasteiger partial charge is 0.234 e. The third-order valence-corrected chi connectivity index (χ3v) is 2.48. The number of hydrogen-bond acceptors (Lipinski definition) is 4. The lowest BCUT2D eigenvalue weighted by Crippen LogP contribution is -2.37. The molecule has 0 unspecified atom stereocenters. The molecule has 0 aliphatic carbocycles. The molecule has 0 bridgehead atoms. The van der Waals surface area contributed by atoms with Crippen LogP contribution in [0.4, 0.5) is 0 Å². The summed E-state index contributed by atoms with van der Waals surface area (Å²) in [6.07, 6.45) is 0. The first kappa shape index (κ1) is 11.3. The average Bonchev–Trinajstić information content (AvgIpc) is 2.00. The van der Waals surface area contributed by atoms with E-state index in [1.165, 1.54) is 7.05 Å². The summed E-state index contributed by atoms with van der Waals surface area (Å²) >= 11 is 0. The largest absolute Gasteiger partial charge is 0.358 e. The van der Waals surface area contributed by atoms with Crippen LogP contribution in [0.3, 0.4) is 0 Å². The van der Waals surface area contributed by atoms with E-state index in [2.05, 4.69) is 10.0 Å². The number of carbonyl (C=O) groups excluding carboxylic acids is 1. The van der Waals surface area contributed by atoms with E-state index in [1.807, 2.05) is 0 Å². The number of rotatable bonds is 5. The Morgan fingerprint density at radius 2 is 2.08 bits per heavy atom. The van der Waals surface area contributed by atoms with Gasteiger partial charge in [0.1, 0.15) is 0 Å². The lowest BCUT2D eigenvalue weighted by molar-refractivity contribution is -0.119. The Morgan fingerprint density at radius 1 is 1.50 bits per heavy atom. The first-order valence-corrected chi connectivity index (χ1v) is 5.05. The van der Waals surface area contributed by atoms with Crippen molar-refractivity contribution in [3.05, 3.63) is 0 Å². The van der Waals surface area contributed by atoms with Crippen LogP contribution in [0, 0.1) is 0 Å². The maximum Gasteiger partial charge on any atom is 0.234 e. The summed E-state index contributed by atoms with van der Waals surface area (Å²) in [6, 6.07) is 0. The second-order valence-corrected chi connectivity index (χ2v) is 4.03. The Balaban J connectivity index is 3.84. The Bertz CT molecular complexity index is 236. The molecule has 0 saturated heterocycles. The number of likely N-dealkylation sites (N-methyl/N-ethyl adjacent to an activating group) is 1. The highest BCUT2D eigenvalue weighted by Gasteiger charge is 2.09. The van der Waals surface area contributed by atoms with Crippen molar-refractivity contribution in [3.8, 4) is 0 Å². The molecular weight excluding hydrogens is 182 g/mol. The fourth-order valence-corrected chi connectivity index (χ4v) is 1.30. The monoisotopic (exact) mass is 195 g/mol. The standard InChI is InChI=1S/C5H13N3O3S/c1-7-5(9)4-8-12(10,11)3-2-6/h8H,2-4,6H2,1H3,(H,7,9). The molecule has 1 amide bonds. The summed E-state index contributed by atoms with van der Waals surface area (Å²) in [6.45, 7) is -0.193. The van der Waals surface area contributed by atoms with E-state index in [1.54, 1.807) is 0 Å². The molecule has 4 N–H and O–H groups in total. The third kappa shape index (κ3) is 5.05. The molecular formula is C5H13N3O3S. The van der Waals surface area contributed by atoms with E-state index in [-0.39, 0.29) is 24.7 Å². The van der Waals surface area contributed by atoms with Gasteiger partial charge in [-0.15, -0.1) is 0 Å². The van der Waals surface area contributed by atoms with Gasteiger partial charge in [-0.25, -0.2) is 13.1 Å². The molecule has 0 radical (unpaired) electrons. The van der Waals surface area contributed by atoms with Crippen LogP contribution in [0.15, 0.2) is 0 Å². The van der Waals surface area contributed by atoms with Crippen LogP contribution in [-0.2, 0) is 14.8 Å². The molecule has 0 aromatic heterocycles. The molecule has 0 heterocycles. The summed E-state index contributed by atoms with van der Waals surface area (Å²) in [4.78, 5) is 10.6. The highest BCUT2D eigenvalue weighted by molar-refractivity contribution is 7.89. The van der Waals surface area contributed by atoms with Crippen LogP contribution in [0.25, 0.3) is 0 Å². The van der Waals surface area contributed by atoms with Crippen LogP contribution in [-0.4, -0.2) is 40.2 Å². The zero-order valence-corrected chi connectivity index (χ0v) is 7.65. The van der Waals surface area contributed by atoms with E-state index < -0.39 is 10.0 Å². The molecule has 12 heavy (non-hydrogen) atoms. The van der Waals surface area contributed by atoms with E-state index >= 15 is 0 Å². The molecule has 0 fully saturated rings. The number of sulfonamides is 1. The molecule has 0 aromatic carbocycles. The fourth-order valence-electron chi connectivity index (χ4n) is 0.491. The minimum atomic E-state index is -3.37. The van der Waals surface area contributed by atoms with Gasteiger partial charge in [0.25, 0.3) is 0 Å². The van der Waals surface area contributed by atoms with Crippen molar-refractivity contribution < 1.29 is 13.2 Å². The molecule has 0 saturated carbocycles. The summed E-state index contributed by atoms with van der Waals surface area (Å²) in [5.41, 5.74) is 5.03. The van der Waals surface area contributed by atoms with Gasteiger partial charge in [0.15, 0.2) is 0 Å². The van der Waals surface area contributed by atoms with Crippen molar-refractivity contribution in [2.24, 2.45) is 5.73 Å². The van der Waals surface area contributed by atoms with Gasteiger partial charge >= 0.3 is 0 Å². The van der Waals surface area contributed by atoms with Crippen molar-refractivity contribution in [1.82, 2.24) is 10.0 Å². The van der Waals surface area contributed by atoms with Crippen molar-refractivity contribution in [1.29, 1.82) is 0 Å². The number of carbonyl (C=O) groups is 1. The minimum Gasteiger partial charge on any atom is -0.358 e. The Hall–Kier alpha value is -0.660. The summed E-state index contributed by atoms with van der Waals surface area (Å²) < 4.78 is 23.9. The molecule has 72 valence electrons. The van der Waals surface area contributed by atoms with Crippen LogP contribution in [0.2, 0.25) is 0 Å². The van der Waals surface area contributed by atoms with Crippen LogP contribution in [0.5, 0.6) is 0 Å². The molecule has 0 atom stereocenters. The third-order valence-electron chi connectivity index (χ3n) is 1.12. The normalized spacial score (nSPS) is 11.2. The van der Waals surface area contributed by atoms with Gasteiger partial charge in [0.2, 0.25) is 15.9 Å². The second kappa shape index (κ2) is 5.07. The first-order chi connectivity index (χ1) is 5.52. The van der Waals surface area contributed by atoms with Gasteiger partial charge in [0.05, 0.1) is 12.3 Å². The summed E-state index contributed by atoms with van der Waals surface area (Å²) in [5.74, 6) is -0.542. The Labute approximate surface area is 71.6 Å². The lowest BCUT2D eigenvalue weighted by atomic mass is 10.6. The number of hydrogen-bond donors (Lipinski definition) is 3. The van der Waals surface area contributed by atoms with E-state index in [0.29, 0.717) is 0 Å². The van der Waals surface area contributed by atoms with Crippen LogP contribution < -0.4 is 15.8 Å². The van der Waals surface area contributed by atoms with Crippen LogP contribution in [0.1, 0.15) is 0 Å². The van der Waals surface area contributed by atoms with Crippen molar-refractivity contribution in [2.45, 2.75) is 0 Å². The van der Waals surface area contributed by atoms with Crippen molar-refractivity contribution in [2.75, 3.05) is 25.9 Å². The van der Waals surface area contributed by atoms with Gasteiger partial charge in [-0.2, -0.15) is 0 Å². The molecule has 0 aliphatic rings. The van der Waals surface area contributed by atoms with Crippen molar-refractivity contribution in [3.63, 3.8) is 0 Å². The molecule has 6 nitrogen and oxygen atoms in total. The summed E-state index contributed by atoms with van der Waals surface area (Å²) in [5, 5.41) is 2.28. The van der Waals surface area contributed by atoms with Crippen LogP contribution >= 0.6 is 0 Å². The topological polar surface area (TPSA) is 101 Å². The number of nitrogens with one attached hydrogen (secondary N) is 2. The average molecular weight is 195 g/mol. The predicted molar refractivity (Wildman–Crippen MR) is 44.9 cm³/mol. The van der Waals surface area contributed by atoms with Gasteiger partial charge in [0, 0.05) is 13.6 Å². The minimum absolute atomic E-state index is 0.0447. The van der Waals surface area contributed by atoms with E-state index in [0.717, 1.165) is 0 Å². The Kier molecular flexibility index (Phi) is 4.79. The molecule has 0 spiro atoms. The first-order valence-electron chi connectivity index (χ1n) is 3.40. The van der Waals surface area contributed by atoms with E-state index in [4.69, 9.17) is 5.73 Å². The number of amides is 1. The molecule has 0 rings (SSSR count). The van der Waals surface area contributed by atoms with E-state index in [9.17, 15) is 13.2 Å². The quantitative estimate of drug-likeness (QED) is 0.455. The fraction of sp³-hybridized carbons (Fsp3) is 0.800. The maximum atomic E-state index is 10.9. The zero-order valence-electron chi connectivity index (χ0n) is 6.83. The molecule has 7 heteroatoms. The molecule has 0 aliphatic heterocycles. The summed E-state index contributed by atoms with van der Waals surface area (Å²) in [7, 11) is -1.94.